The Morgan fingerprint density at radius 1 is 1.22 bits per heavy atom. The van der Waals surface area contributed by atoms with Crippen LogP contribution in [0.4, 0.5) is 0 Å². The zero-order chi connectivity index (χ0) is 19.8. The predicted octanol–water partition coefficient (Wildman–Crippen LogP) is 3.41. The predicted molar refractivity (Wildman–Crippen MR) is 96.4 cm³/mol. The number of carbonyl (C=O) groups excluding carboxylic acids is 2. The topological polar surface area (TPSA) is 105 Å². The van der Waals surface area contributed by atoms with Gasteiger partial charge in [-0.2, -0.15) is 0 Å². The van der Waals surface area contributed by atoms with Crippen molar-refractivity contribution in [2.75, 3.05) is 6.61 Å². The van der Waals surface area contributed by atoms with Crippen molar-refractivity contribution in [2.45, 2.75) is 26.2 Å². The lowest BCUT2D eigenvalue weighted by atomic mass is 9.97. The van der Waals surface area contributed by atoms with Crippen molar-refractivity contribution in [3.63, 3.8) is 0 Å². The van der Waals surface area contributed by atoms with Gasteiger partial charge in [-0.3, -0.25) is 9.59 Å². The lowest BCUT2D eigenvalue weighted by Crippen LogP contribution is -2.11. The summed E-state index contributed by atoms with van der Waals surface area (Å²) in [5.41, 5.74) is 2.19. The Hall–Kier alpha value is -3.42. The van der Waals surface area contributed by atoms with E-state index in [4.69, 9.17) is 9.47 Å². The Morgan fingerprint density at radius 3 is 2.52 bits per heavy atom. The van der Waals surface area contributed by atoms with E-state index in [9.17, 15) is 19.7 Å². The first-order chi connectivity index (χ1) is 12.9. The summed E-state index contributed by atoms with van der Waals surface area (Å²) < 4.78 is 10.4. The fraction of sp³-hybridized carbons (Fsp3) is 0.263. The molecule has 0 radical (unpaired) electrons. The van der Waals surface area contributed by atoms with Gasteiger partial charge in [0.25, 0.3) is 5.09 Å². The first kappa shape index (κ1) is 19.9. The highest BCUT2D eigenvalue weighted by molar-refractivity contribution is 5.76. The SMILES string of the molecule is C=Cc1cc(OC(=O)CC2=CC=C(CO[N+](=O)[O-])CC2)ccc1OC(C)=O. The van der Waals surface area contributed by atoms with Gasteiger partial charge in [-0.25, -0.2) is 0 Å². The zero-order valence-corrected chi connectivity index (χ0v) is 14.8. The number of hydrogen-bond donors (Lipinski definition) is 0. The van der Waals surface area contributed by atoms with Crippen LogP contribution in [0, 0.1) is 10.1 Å². The summed E-state index contributed by atoms with van der Waals surface area (Å²) in [7, 11) is 0. The molecule has 1 aromatic carbocycles. The second-order valence-electron chi connectivity index (χ2n) is 5.80. The Morgan fingerprint density at radius 2 is 1.93 bits per heavy atom. The Bertz CT molecular complexity index is 823. The van der Waals surface area contributed by atoms with Crippen molar-refractivity contribution in [1.82, 2.24) is 0 Å². The van der Waals surface area contributed by atoms with Gasteiger partial charge in [-0.1, -0.05) is 30.4 Å². The normalized spacial score (nSPS) is 13.1. The van der Waals surface area contributed by atoms with E-state index in [1.54, 1.807) is 18.2 Å². The van der Waals surface area contributed by atoms with Gasteiger partial charge in [-0.15, -0.1) is 10.1 Å². The fourth-order valence-electron chi connectivity index (χ4n) is 2.48. The molecule has 8 heteroatoms. The number of benzene rings is 1. The molecule has 0 amide bonds. The molecular weight excluding hydrogens is 354 g/mol. The highest BCUT2D eigenvalue weighted by atomic mass is 16.9. The number of nitrogens with zero attached hydrogens (tertiary/aromatic N) is 1. The van der Waals surface area contributed by atoms with E-state index in [0.717, 1.165) is 11.1 Å². The molecule has 27 heavy (non-hydrogen) atoms. The molecule has 142 valence electrons. The Balaban J connectivity index is 1.95. The van der Waals surface area contributed by atoms with Gasteiger partial charge < -0.3 is 14.3 Å². The maximum atomic E-state index is 12.1. The van der Waals surface area contributed by atoms with Gasteiger partial charge >= 0.3 is 11.9 Å². The molecule has 0 unspecified atom stereocenters. The maximum absolute atomic E-state index is 12.1. The van der Waals surface area contributed by atoms with Gasteiger partial charge in [0.1, 0.15) is 18.1 Å². The van der Waals surface area contributed by atoms with Gasteiger partial charge in [0.05, 0.1) is 6.42 Å². The first-order valence-electron chi connectivity index (χ1n) is 8.17. The minimum absolute atomic E-state index is 0.0692. The average molecular weight is 373 g/mol. The molecule has 0 bridgehead atoms. The molecule has 2 rings (SSSR count). The van der Waals surface area contributed by atoms with Crippen LogP contribution in [0.25, 0.3) is 6.08 Å². The van der Waals surface area contributed by atoms with Gasteiger partial charge in [0.15, 0.2) is 0 Å². The molecule has 0 heterocycles. The molecule has 0 fully saturated rings. The third kappa shape index (κ3) is 6.43. The largest absolute Gasteiger partial charge is 0.426 e. The van der Waals surface area contributed by atoms with Crippen LogP contribution in [-0.4, -0.2) is 23.6 Å². The smallest absolute Gasteiger partial charge is 0.315 e. The molecule has 1 aliphatic carbocycles. The summed E-state index contributed by atoms with van der Waals surface area (Å²) in [4.78, 5) is 37.7. The van der Waals surface area contributed by atoms with E-state index in [0.29, 0.717) is 29.9 Å². The summed E-state index contributed by atoms with van der Waals surface area (Å²) in [6.45, 7) is 4.87. The van der Waals surface area contributed by atoms with Crippen LogP contribution >= 0.6 is 0 Å². The van der Waals surface area contributed by atoms with Gasteiger partial charge in [-0.05, 0) is 36.6 Å². The van der Waals surface area contributed by atoms with Crippen LogP contribution < -0.4 is 9.47 Å². The second kappa shape index (κ2) is 9.33. The van der Waals surface area contributed by atoms with Crippen LogP contribution in [0.3, 0.4) is 0 Å². The molecule has 0 N–H and O–H groups in total. The molecule has 0 spiro atoms. The Labute approximate surface area is 155 Å². The van der Waals surface area contributed by atoms with E-state index in [1.165, 1.54) is 25.1 Å². The molecule has 8 nitrogen and oxygen atoms in total. The molecule has 0 aromatic heterocycles. The van der Waals surface area contributed by atoms with Crippen LogP contribution in [0.5, 0.6) is 11.5 Å². The van der Waals surface area contributed by atoms with Gasteiger partial charge in [0, 0.05) is 12.5 Å². The third-order valence-electron chi connectivity index (χ3n) is 3.74. The number of allylic oxidation sites excluding steroid dienone is 2. The van der Waals surface area contributed by atoms with Crippen molar-refractivity contribution >= 4 is 18.0 Å². The molecule has 0 saturated carbocycles. The maximum Gasteiger partial charge on any atom is 0.315 e. The molecular formula is C19H19NO7. The fourth-order valence-corrected chi connectivity index (χ4v) is 2.48. The number of ether oxygens (including phenoxy) is 2. The minimum Gasteiger partial charge on any atom is -0.426 e. The highest BCUT2D eigenvalue weighted by Crippen LogP contribution is 2.27. The highest BCUT2D eigenvalue weighted by Gasteiger charge is 2.14. The summed E-state index contributed by atoms with van der Waals surface area (Å²) in [6, 6.07) is 4.63. The molecule has 1 aliphatic rings. The second-order valence-corrected chi connectivity index (χ2v) is 5.80. The van der Waals surface area contributed by atoms with Crippen molar-refractivity contribution < 1.29 is 29.0 Å². The number of hydrogen-bond acceptors (Lipinski definition) is 7. The van der Waals surface area contributed by atoms with Crippen LogP contribution in [0.2, 0.25) is 0 Å². The standard InChI is InChI=1S/C19H19NO7/c1-3-16-11-17(8-9-18(16)26-13(2)21)27-19(22)10-14-4-6-15(7-5-14)12-25-20(23)24/h3-4,6,8-9,11H,1,5,7,10,12H2,2H3. The lowest BCUT2D eigenvalue weighted by Gasteiger charge is -2.14. The van der Waals surface area contributed by atoms with E-state index in [2.05, 4.69) is 11.4 Å². The van der Waals surface area contributed by atoms with Crippen molar-refractivity contribution in [3.05, 3.63) is 63.8 Å². The third-order valence-corrected chi connectivity index (χ3v) is 3.74. The average Bonchev–Trinajstić information content (AvgIpc) is 2.62. The van der Waals surface area contributed by atoms with Crippen molar-refractivity contribution in [3.8, 4) is 11.5 Å². The summed E-state index contributed by atoms with van der Waals surface area (Å²) >= 11 is 0. The van der Waals surface area contributed by atoms with Crippen molar-refractivity contribution in [1.29, 1.82) is 0 Å². The van der Waals surface area contributed by atoms with Crippen LogP contribution in [-0.2, 0) is 14.4 Å². The number of carbonyl (C=O) groups is 2. The molecule has 0 aliphatic heterocycles. The van der Waals surface area contributed by atoms with E-state index < -0.39 is 17.0 Å². The summed E-state index contributed by atoms with van der Waals surface area (Å²) in [6.07, 6.45) is 6.27. The number of rotatable bonds is 8. The van der Waals surface area contributed by atoms with E-state index >= 15 is 0 Å². The van der Waals surface area contributed by atoms with Crippen LogP contribution in [0.15, 0.2) is 48.1 Å². The summed E-state index contributed by atoms with van der Waals surface area (Å²) in [5.74, 6) is -0.238. The van der Waals surface area contributed by atoms with Crippen molar-refractivity contribution in [2.24, 2.45) is 0 Å². The molecule has 0 atom stereocenters. The molecule has 0 saturated heterocycles. The zero-order valence-electron chi connectivity index (χ0n) is 14.8. The minimum atomic E-state index is -0.832. The first-order valence-corrected chi connectivity index (χ1v) is 8.17. The Kier molecular flexibility index (Phi) is 6.87. The monoisotopic (exact) mass is 373 g/mol. The molecule has 1 aromatic rings. The summed E-state index contributed by atoms with van der Waals surface area (Å²) in [5, 5.41) is 9.36. The van der Waals surface area contributed by atoms with Gasteiger partial charge in [0.2, 0.25) is 0 Å². The number of esters is 2. The quantitative estimate of drug-likeness (QED) is 0.297. The van der Waals surface area contributed by atoms with E-state index in [-0.39, 0.29) is 13.0 Å². The van der Waals surface area contributed by atoms with Crippen LogP contribution in [0.1, 0.15) is 31.7 Å². The van der Waals surface area contributed by atoms with E-state index in [1.807, 2.05) is 0 Å². The lowest BCUT2D eigenvalue weighted by molar-refractivity contribution is -0.755.